The van der Waals surface area contributed by atoms with E-state index >= 15 is 0 Å². The molecule has 0 bridgehead atoms. The first-order valence-corrected chi connectivity index (χ1v) is 8.82. The van der Waals surface area contributed by atoms with E-state index in [9.17, 15) is 4.79 Å². The van der Waals surface area contributed by atoms with Gasteiger partial charge < -0.3 is 20.1 Å². The van der Waals surface area contributed by atoms with Crippen molar-refractivity contribution >= 4 is 16.9 Å². The quantitative estimate of drug-likeness (QED) is 0.609. The number of aryl methyl sites for hydroxylation is 3. The summed E-state index contributed by atoms with van der Waals surface area (Å²) in [5.74, 6) is 0.607. The Kier molecular flexibility index (Phi) is 7.35. The molecule has 0 spiro atoms. The lowest BCUT2D eigenvalue weighted by Gasteiger charge is -2.11. The summed E-state index contributed by atoms with van der Waals surface area (Å²) in [5.41, 5.74) is 3.88. The Bertz CT molecular complexity index is 757. The van der Waals surface area contributed by atoms with Gasteiger partial charge in [-0.3, -0.25) is 4.79 Å². The predicted octanol–water partition coefficient (Wildman–Crippen LogP) is 0.879. The molecule has 0 aliphatic carbocycles. The summed E-state index contributed by atoms with van der Waals surface area (Å²) < 4.78 is 12.1. The van der Waals surface area contributed by atoms with Crippen molar-refractivity contribution in [1.29, 1.82) is 0 Å². The van der Waals surface area contributed by atoms with Crippen LogP contribution in [-0.4, -0.2) is 61.1 Å². The number of ether oxygens (including phenoxy) is 2. The van der Waals surface area contributed by atoms with E-state index in [2.05, 4.69) is 20.7 Å². The molecule has 2 N–H and O–H groups in total. The van der Waals surface area contributed by atoms with Gasteiger partial charge in [0.1, 0.15) is 0 Å². The van der Waals surface area contributed by atoms with E-state index in [1.165, 1.54) is 0 Å². The molecule has 0 aliphatic heterocycles. The lowest BCUT2D eigenvalue weighted by molar-refractivity contribution is -0.121. The highest BCUT2D eigenvalue weighted by Crippen LogP contribution is 2.30. The zero-order chi connectivity index (χ0) is 19.1. The molecule has 0 aromatic carbocycles. The van der Waals surface area contributed by atoms with Crippen LogP contribution in [0.5, 0.6) is 5.88 Å². The van der Waals surface area contributed by atoms with Crippen LogP contribution in [0.4, 0.5) is 0 Å². The molecule has 0 unspecified atom stereocenters. The molecule has 2 aromatic rings. The molecule has 0 saturated heterocycles. The lowest BCUT2D eigenvalue weighted by Crippen LogP contribution is -2.33. The molecule has 0 atom stereocenters. The van der Waals surface area contributed by atoms with Crippen molar-refractivity contribution in [2.24, 2.45) is 7.05 Å². The minimum atomic E-state index is 0.0376. The van der Waals surface area contributed by atoms with Gasteiger partial charge in [-0.2, -0.15) is 0 Å². The van der Waals surface area contributed by atoms with Crippen LogP contribution in [0.2, 0.25) is 0 Å². The normalized spacial score (nSPS) is 11.1. The minimum absolute atomic E-state index is 0.0376. The molecular formula is C18H29N5O3. The Balaban J connectivity index is 1.97. The molecule has 1 amide bonds. The highest BCUT2D eigenvalue weighted by Gasteiger charge is 2.18. The number of hydrogen-bond acceptors (Lipinski definition) is 6. The first kappa shape index (κ1) is 20.1. The summed E-state index contributed by atoms with van der Waals surface area (Å²) >= 11 is 0. The van der Waals surface area contributed by atoms with Crippen molar-refractivity contribution in [1.82, 2.24) is 25.4 Å². The Morgan fingerprint density at radius 2 is 1.96 bits per heavy atom. The van der Waals surface area contributed by atoms with E-state index in [0.717, 1.165) is 40.9 Å². The molecule has 144 valence electrons. The third kappa shape index (κ3) is 4.70. The molecule has 0 aliphatic rings. The molecular weight excluding hydrogens is 334 g/mol. The van der Waals surface area contributed by atoms with Gasteiger partial charge in [-0.25, -0.2) is 9.67 Å². The molecule has 2 rings (SSSR count). The Hall–Kier alpha value is -2.19. The molecule has 26 heavy (non-hydrogen) atoms. The molecule has 2 aromatic heterocycles. The van der Waals surface area contributed by atoms with Gasteiger partial charge in [0.2, 0.25) is 11.8 Å². The third-order valence-corrected chi connectivity index (χ3v) is 4.43. The Labute approximate surface area is 154 Å². The van der Waals surface area contributed by atoms with Gasteiger partial charge in [-0.15, -0.1) is 5.10 Å². The fourth-order valence-electron chi connectivity index (χ4n) is 3.02. The minimum Gasteiger partial charge on any atom is -0.479 e. The molecule has 8 heteroatoms. The first-order chi connectivity index (χ1) is 12.5. The Morgan fingerprint density at radius 1 is 1.19 bits per heavy atom. The average Bonchev–Trinajstić information content (AvgIpc) is 2.93. The van der Waals surface area contributed by atoms with Gasteiger partial charge in [0, 0.05) is 45.9 Å². The summed E-state index contributed by atoms with van der Waals surface area (Å²) in [6.07, 6.45) is 1.07. The van der Waals surface area contributed by atoms with Crippen LogP contribution >= 0.6 is 0 Å². The summed E-state index contributed by atoms with van der Waals surface area (Å²) in [6, 6.07) is 0. The van der Waals surface area contributed by atoms with Gasteiger partial charge in [0.05, 0.1) is 19.1 Å². The zero-order valence-electron chi connectivity index (χ0n) is 16.3. The van der Waals surface area contributed by atoms with Crippen molar-refractivity contribution in [3.63, 3.8) is 0 Å². The second-order valence-electron chi connectivity index (χ2n) is 6.23. The number of carbonyl (C=O) groups excluding carboxylic acids is 1. The maximum atomic E-state index is 12.1. The number of amides is 1. The smallest absolute Gasteiger partial charge is 0.242 e. The number of pyridine rings is 1. The van der Waals surface area contributed by atoms with Crippen LogP contribution in [0.25, 0.3) is 11.0 Å². The summed E-state index contributed by atoms with van der Waals surface area (Å²) in [4.78, 5) is 16.7. The first-order valence-electron chi connectivity index (χ1n) is 8.82. The number of hydrogen-bond donors (Lipinski definition) is 2. The lowest BCUT2D eigenvalue weighted by atomic mass is 10.00. The van der Waals surface area contributed by atoms with Crippen LogP contribution in [0.15, 0.2) is 0 Å². The summed E-state index contributed by atoms with van der Waals surface area (Å²) in [7, 11) is 5.13. The van der Waals surface area contributed by atoms with Crippen molar-refractivity contribution < 1.29 is 14.3 Å². The number of methoxy groups -OCH3 is 2. The number of fused-ring (bicyclic) bond motifs is 1. The molecule has 2 heterocycles. The average molecular weight is 363 g/mol. The number of carbonyl (C=O) groups is 1. The number of aromatic nitrogens is 3. The van der Waals surface area contributed by atoms with Crippen LogP contribution in [0, 0.1) is 13.8 Å². The van der Waals surface area contributed by atoms with Gasteiger partial charge in [0.25, 0.3) is 0 Å². The second kappa shape index (κ2) is 9.49. The molecule has 0 saturated carbocycles. The van der Waals surface area contributed by atoms with Crippen molar-refractivity contribution in [2.75, 3.05) is 40.5 Å². The van der Waals surface area contributed by atoms with Crippen LogP contribution in [0.3, 0.4) is 0 Å². The van der Waals surface area contributed by atoms with E-state index in [-0.39, 0.29) is 5.91 Å². The van der Waals surface area contributed by atoms with Crippen LogP contribution in [-0.2, 0) is 23.0 Å². The maximum absolute atomic E-state index is 12.1. The fourth-order valence-corrected chi connectivity index (χ4v) is 3.02. The standard InChI is InChI=1S/C18H29N5O3/c1-12-14(6-7-15(24)20-9-8-19-10-11-25-4)13(2)21-17-16(12)18(26-5)22-23(17)3/h19H,6-11H2,1-5H3,(H,20,24). The zero-order valence-corrected chi connectivity index (χ0v) is 16.3. The van der Waals surface area contributed by atoms with Gasteiger partial charge in [0.15, 0.2) is 5.65 Å². The molecule has 0 fully saturated rings. The molecule has 8 nitrogen and oxygen atoms in total. The summed E-state index contributed by atoms with van der Waals surface area (Å²) in [5, 5.41) is 11.4. The highest BCUT2D eigenvalue weighted by molar-refractivity contribution is 5.86. The summed E-state index contributed by atoms with van der Waals surface area (Å²) in [6.45, 7) is 6.79. The predicted molar refractivity (Wildman–Crippen MR) is 101 cm³/mol. The van der Waals surface area contributed by atoms with Crippen LogP contribution in [0.1, 0.15) is 23.2 Å². The second-order valence-corrected chi connectivity index (χ2v) is 6.23. The fraction of sp³-hybridized carbons (Fsp3) is 0.611. The van der Waals surface area contributed by atoms with Gasteiger partial charge in [-0.05, 0) is 31.4 Å². The Morgan fingerprint density at radius 3 is 2.65 bits per heavy atom. The topological polar surface area (TPSA) is 90.3 Å². The van der Waals surface area contributed by atoms with E-state index in [4.69, 9.17) is 9.47 Å². The third-order valence-electron chi connectivity index (χ3n) is 4.43. The highest BCUT2D eigenvalue weighted by atomic mass is 16.5. The van der Waals surface area contributed by atoms with Crippen molar-refractivity contribution in [2.45, 2.75) is 26.7 Å². The SMILES string of the molecule is COCCNCCNC(=O)CCc1c(C)nc2c(c(OC)nn2C)c1C. The van der Waals surface area contributed by atoms with E-state index < -0.39 is 0 Å². The largest absolute Gasteiger partial charge is 0.479 e. The van der Waals surface area contributed by atoms with Crippen molar-refractivity contribution in [3.8, 4) is 5.88 Å². The van der Waals surface area contributed by atoms with E-state index in [1.54, 1.807) is 18.9 Å². The van der Waals surface area contributed by atoms with Crippen molar-refractivity contribution in [3.05, 3.63) is 16.8 Å². The van der Waals surface area contributed by atoms with E-state index in [0.29, 0.717) is 31.9 Å². The van der Waals surface area contributed by atoms with Gasteiger partial charge >= 0.3 is 0 Å². The van der Waals surface area contributed by atoms with Crippen LogP contribution < -0.4 is 15.4 Å². The van der Waals surface area contributed by atoms with E-state index in [1.807, 2.05) is 20.9 Å². The monoisotopic (exact) mass is 363 g/mol. The molecule has 0 radical (unpaired) electrons. The number of nitrogens with zero attached hydrogens (tertiary/aromatic N) is 3. The number of rotatable bonds is 10. The van der Waals surface area contributed by atoms with Gasteiger partial charge in [-0.1, -0.05) is 0 Å². The number of nitrogens with one attached hydrogen (secondary N) is 2. The maximum Gasteiger partial charge on any atom is 0.242 e.